The Labute approximate surface area is 223 Å². The molecule has 0 saturated heterocycles. The fraction of sp³-hybridized carbons (Fsp3) is 0.600. The zero-order valence-electron chi connectivity index (χ0n) is 24.2. The fourth-order valence-corrected chi connectivity index (χ4v) is 4.64. The number of methoxy groups -OCH3 is 2. The highest BCUT2D eigenvalue weighted by Crippen LogP contribution is 2.29. The van der Waals surface area contributed by atoms with Crippen molar-refractivity contribution in [2.45, 2.75) is 79.8 Å². The van der Waals surface area contributed by atoms with Gasteiger partial charge in [0.05, 0.1) is 27.0 Å². The molecule has 7 heteroatoms. The summed E-state index contributed by atoms with van der Waals surface area (Å²) in [6.07, 6.45) is 3.60. The Kier molecular flexibility index (Phi) is 10.6. The number of carbonyl (C=O) groups excluding carboxylic acids is 2. The molecule has 0 fully saturated rings. The summed E-state index contributed by atoms with van der Waals surface area (Å²) in [5, 5.41) is 0. The number of ether oxygens (including phenoxy) is 2. The number of hydrogen-bond donors (Lipinski definition) is 0. The molecular formula is C30H46N2O5. The van der Waals surface area contributed by atoms with Crippen LogP contribution in [0.4, 0.5) is 0 Å². The molecule has 2 aromatic rings. The largest absolute Gasteiger partial charge is 0.493 e. The first-order chi connectivity index (χ1) is 17.2. The van der Waals surface area contributed by atoms with E-state index in [-0.39, 0.29) is 29.7 Å². The first-order valence-corrected chi connectivity index (χ1v) is 13.0. The van der Waals surface area contributed by atoms with Crippen LogP contribution in [-0.4, -0.2) is 54.5 Å². The molecule has 1 atom stereocenters. The lowest BCUT2D eigenvalue weighted by Crippen LogP contribution is -2.51. The summed E-state index contributed by atoms with van der Waals surface area (Å²) in [5.74, 6) is 2.15. The van der Waals surface area contributed by atoms with Gasteiger partial charge in [0.25, 0.3) is 0 Å². The van der Waals surface area contributed by atoms with Gasteiger partial charge in [0.2, 0.25) is 11.8 Å². The van der Waals surface area contributed by atoms with Crippen molar-refractivity contribution in [3.8, 4) is 11.5 Å². The van der Waals surface area contributed by atoms with Gasteiger partial charge in [-0.2, -0.15) is 0 Å². The van der Waals surface area contributed by atoms with Gasteiger partial charge in [0.15, 0.2) is 11.5 Å². The van der Waals surface area contributed by atoms with E-state index in [0.717, 1.165) is 12.0 Å². The minimum Gasteiger partial charge on any atom is -0.493 e. The van der Waals surface area contributed by atoms with Crippen molar-refractivity contribution in [2.24, 2.45) is 11.3 Å². The van der Waals surface area contributed by atoms with E-state index in [1.165, 1.54) is 0 Å². The van der Waals surface area contributed by atoms with E-state index >= 15 is 0 Å². The monoisotopic (exact) mass is 514 g/mol. The molecular weight excluding hydrogens is 468 g/mol. The van der Waals surface area contributed by atoms with Gasteiger partial charge in [-0.15, -0.1) is 0 Å². The topological polar surface area (TPSA) is 72.2 Å². The molecule has 2 rings (SSSR count). The number of rotatable bonds is 12. The van der Waals surface area contributed by atoms with E-state index < -0.39 is 5.54 Å². The Morgan fingerprint density at radius 2 is 1.65 bits per heavy atom. The van der Waals surface area contributed by atoms with Crippen LogP contribution >= 0.6 is 0 Å². The van der Waals surface area contributed by atoms with Crippen molar-refractivity contribution in [3.63, 3.8) is 0 Å². The van der Waals surface area contributed by atoms with Crippen LogP contribution in [0.25, 0.3) is 0 Å². The van der Waals surface area contributed by atoms with Gasteiger partial charge in [-0.05, 0) is 74.8 Å². The van der Waals surface area contributed by atoms with Crippen LogP contribution in [0.3, 0.4) is 0 Å². The molecule has 1 aromatic carbocycles. The van der Waals surface area contributed by atoms with Crippen LogP contribution in [0.15, 0.2) is 41.0 Å². The van der Waals surface area contributed by atoms with Crippen LogP contribution in [0.1, 0.15) is 72.6 Å². The third kappa shape index (κ3) is 9.78. The molecule has 2 amide bonds. The van der Waals surface area contributed by atoms with Crippen LogP contribution in [-0.2, 0) is 22.6 Å². The lowest BCUT2D eigenvalue weighted by molar-refractivity contribution is -0.145. The molecule has 0 aliphatic rings. The normalized spacial score (nSPS) is 12.7. The summed E-state index contributed by atoms with van der Waals surface area (Å²) in [7, 11) is 3.21. The number of nitrogens with zero attached hydrogens (tertiary/aromatic N) is 2. The molecule has 206 valence electrons. The van der Waals surface area contributed by atoms with Gasteiger partial charge in [-0.3, -0.25) is 9.59 Å². The van der Waals surface area contributed by atoms with Crippen LogP contribution in [0.2, 0.25) is 0 Å². The molecule has 1 aromatic heterocycles. The number of furan rings is 1. The third-order valence-electron chi connectivity index (χ3n) is 6.29. The maximum absolute atomic E-state index is 13.6. The quantitative estimate of drug-likeness (QED) is 0.350. The van der Waals surface area contributed by atoms with E-state index in [9.17, 15) is 9.59 Å². The molecule has 0 N–H and O–H groups in total. The molecule has 0 saturated carbocycles. The van der Waals surface area contributed by atoms with Crippen LogP contribution in [0, 0.1) is 11.3 Å². The Balaban J connectivity index is 2.19. The van der Waals surface area contributed by atoms with E-state index in [1.807, 2.05) is 51.1 Å². The van der Waals surface area contributed by atoms with Gasteiger partial charge in [-0.25, -0.2) is 0 Å². The number of amides is 2. The minimum absolute atomic E-state index is 0.00967. The summed E-state index contributed by atoms with van der Waals surface area (Å²) in [4.78, 5) is 30.5. The number of hydrogen-bond acceptors (Lipinski definition) is 5. The van der Waals surface area contributed by atoms with Crippen LogP contribution < -0.4 is 9.47 Å². The maximum Gasteiger partial charge on any atom is 0.242 e. The molecule has 7 nitrogen and oxygen atoms in total. The Hall–Kier alpha value is -2.96. The van der Waals surface area contributed by atoms with Crippen molar-refractivity contribution in [2.75, 3.05) is 27.3 Å². The van der Waals surface area contributed by atoms with E-state index in [1.54, 1.807) is 30.3 Å². The maximum atomic E-state index is 13.6. The second-order valence-electron chi connectivity index (χ2n) is 12.1. The smallest absolute Gasteiger partial charge is 0.242 e. The summed E-state index contributed by atoms with van der Waals surface area (Å²) in [5.41, 5.74) is 0.689. The predicted octanol–water partition coefficient (Wildman–Crippen LogP) is 5.96. The second-order valence-corrected chi connectivity index (χ2v) is 12.1. The Bertz CT molecular complexity index is 1000. The first kappa shape index (κ1) is 30.3. The van der Waals surface area contributed by atoms with Gasteiger partial charge >= 0.3 is 0 Å². The van der Waals surface area contributed by atoms with Crippen molar-refractivity contribution >= 4 is 11.8 Å². The van der Waals surface area contributed by atoms with Crippen LogP contribution in [0.5, 0.6) is 11.5 Å². The highest BCUT2D eigenvalue weighted by molar-refractivity contribution is 5.85. The SMILES string of the molecule is COc1ccc(CCN(Cc2ccco2)C(=O)CN(C(=O)CC(C)CC(C)(C)C)C(C)(C)C)cc1OC. The zero-order chi connectivity index (χ0) is 27.8. The summed E-state index contributed by atoms with van der Waals surface area (Å²) in [6.45, 7) is 15.4. The lowest BCUT2D eigenvalue weighted by atomic mass is 9.84. The minimum atomic E-state index is -0.478. The molecule has 0 aliphatic carbocycles. The van der Waals surface area contributed by atoms with Crippen molar-refractivity contribution in [3.05, 3.63) is 47.9 Å². The highest BCUT2D eigenvalue weighted by atomic mass is 16.5. The molecule has 1 heterocycles. The molecule has 0 bridgehead atoms. The van der Waals surface area contributed by atoms with E-state index in [2.05, 4.69) is 27.7 Å². The fourth-order valence-electron chi connectivity index (χ4n) is 4.64. The molecule has 0 aliphatic heterocycles. The van der Waals surface area contributed by atoms with Crippen molar-refractivity contribution < 1.29 is 23.5 Å². The first-order valence-electron chi connectivity index (χ1n) is 13.0. The van der Waals surface area contributed by atoms with E-state index in [4.69, 9.17) is 13.9 Å². The number of carbonyl (C=O) groups is 2. The summed E-state index contributed by atoms with van der Waals surface area (Å²) >= 11 is 0. The van der Waals surface area contributed by atoms with Gasteiger partial charge in [-0.1, -0.05) is 33.8 Å². The Morgan fingerprint density at radius 3 is 2.19 bits per heavy atom. The van der Waals surface area contributed by atoms with Crippen molar-refractivity contribution in [1.82, 2.24) is 9.80 Å². The second kappa shape index (κ2) is 13.0. The van der Waals surface area contributed by atoms with Gasteiger partial charge < -0.3 is 23.7 Å². The third-order valence-corrected chi connectivity index (χ3v) is 6.29. The Morgan fingerprint density at radius 1 is 0.973 bits per heavy atom. The van der Waals surface area contributed by atoms with Gasteiger partial charge in [0.1, 0.15) is 12.3 Å². The summed E-state index contributed by atoms with van der Waals surface area (Å²) < 4.78 is 16.3. The average molecular weight is 515 g/mol. The summed E-state index contributed by atoms with van der Waals surface area (Å²) in [6, 6.07) is 9.44. The molecule has 1 unspecified atom stereocenters. The molecule has 37 heavy (non-hydrogen) atoms. The molecule has 0 spiro atoms. The predicted molar refractivity (Wildman–Crippen MR) is 147 cm³/mol. The molecule has 0 radical (unpaired) electrons. The highest BCUT2D eigenvalue weighted by Gasteiger charge is 2.31. The standard InChI is InChI=1S/C30H46N2O5/c1-22(19-29(2,3)4)17-27(33)32(30(5,6)7)21-28(34)31(20-24-11-10-16-37-24)15-14-23-12-13-25(35-8)26(18-23)36-9/h10-13,16,18,22H,14-15,17,19-21H2,1-9H3. The van der Waals surface area contributed by atoms with Gasteiger partial charge in [0, 0.05) is 18.5 Å². The van der Waals surface area contributed by atoms with Crippen molar-refractivity contribution in [1.29, 1.82) is 0 Å². The van der Waals surface area contributed by atoms with E-state index in [0.29, 0.717) is 43.2 Å². The number of benzene rings is 1. The lowest BCUT2D eigenvalue weighted by Gasteiger charge is -2.37. The zero-order valence-corrected chi connectivity index (χ0v) is 24.2. The average Bonchev–Trinajstić information content (AvgIpc) is 3.30.